The molecule has 1 amide bonds. The topological polar surface area (TPSA) is 82.5 Å². The molecule has 0 spiro atoms. The summed E-state index contributed by atoms with van der Waals surface area (Å²) in [5.41, 5.74) is 0.778. The third-order valence-corrected chi connectivity index (χ3v) is 4.57. The summed E-state index contributed by atoms with van der Waals surface area (Å²) in [5.74, 6) is 0.967. The molecule has 1 N–H and O–H groups in total. The maximum absolute atomic E-state index is 12.3. The molecule has 1 aliphatic heterocycles. The fourth-order valence-electron chi connectivity index (χ4n) is 2.38. The Morgan fingerprint density at radius 2 is 2.00 bits per heavy atom. The summed E-state index contributed by atoms with van der Waals surface area (Å²) >= 11 is 1.34. The van der Waals surface area contributed by atoms with E-state index < -0.39 is 0 Å². The second-order valence-corrected chi connectivity index (χ2v) is 6.33. The average molecular weight is 343 g/mol. The first-order valence-corrected chi connectivity index (χ1v) is 8.10. The summed E-state index contributed by atoms with van der Waals surface area (Å²) in [6, 6.07) is 6.54. The molecule has 3 heterocycles. The lowest BCUT2D eigenvalue weighted by atomic mass is 10.2. The molecule has 0 atom stereocenters. The van der Waals surface area contributed by atoms with Crippen LogP contribution in [0, 0.1) is 0 Å². The highest BCUT2D eigenvalue weighted by Gasteiger charge is 2.16. The first kappa shape index (κ1) is 14.7. The van der Waals surface area contributed by atoms with Gasteiger partial charge in [0.05, 0.1) is 10.2 Å². The van der Waals surface area contributed by atoms with Crippen molar-refractivity contribution in [1.29, 1.82) is 0 Å². The fourth-order valence-corrected chi connectivity index (χ4v) is 3.25. The van der Waals surface area contributed by atoms with Crippen molar-refractivity contribution < 1.29 is 14.3 Å². The van der Waals surface area contributed by atoms with E-state index in [-0.39, 0.29) is 11.5 Å². The minimum absolute atomic E-state index is 0.242. The van der Waals surface area contributed by atoms with Gasteiger partial charge in [-0.15, -0.1) is 0 Å². The van der Waals surface area contributed by atoms with Gasteiger partial charge in [0.1, 0.15) is 13.2 Å². The monoisotopic (exact) mass is 343 g/mol. The zero-order valence-electron chi connectivity index (χ0n) is 12.7. The summed E-state index contributed by atoms with van der Waals surface area (Å²) in [7, 11) is 1.63. The van der Waals surface area contributed by atoms with Gasteiger partial charge in [-0.25, -0.2) is 4.98 Å². The number of fused-ring (bicyclic) bond motifs is 2. The quantitative estimate of drug-likeness (QED) is 0.770. The van der Waals surface area contributed by atoms with Crippen molar-refractivity contribution in [3.8, 4) is 11.5 Å². The van der Waals surface area contributed by atoms with Gasteiger partial charge in [0.25, 0.3) is 11.5 Å². The highest BCUT2D eigenvalue weighted by molar-refractivity contribution is 7.22. The molecule has 2 aromatic heterocycles. The van der Waals surface area contributed by atoms with Gasteiger partial charge in [0.2, 0.25) is 0 Å². The molecule has 7 nitrogen and oxygen atoms in total. The summed E-state index contributed by atoms with van der Waals surface area (Å²) in [6.07, 6.45) is 1.55. The van der Waals surface area contributed by atoms with Gasteiger partial charge in [-0.2, -0.15) is 0 Å². The Bertz CT molecular complexity index is 965. The second kappa shape index (κ2) is 5.64. The standard InChI is InChI=1S/C16H13N3O4S/c1-19-3-2-9(6-14(19)20)15(21)18-16-17-10-7-11-12(8-13(10)24-16)23-5-4-22-11/h2-3,6-8H,4-5H2,1H3,(H,17,18,21). The van der Waals surface area contributed by atoms with Crippen LogP contribution in [0.5, 0.6) is 11.5 Å². The number of rotatable bonds is 2. The number of carbonyl (C=O) groups excluding carboxylic acids is 1. The summed E-state index contributed by atoms with van der Waals surface area (Å²) in [6.45, 7) is 1.03. The van der Waals surface area contributed by atoms with Crippen LogP contribution in [0.15, 0.2) is 35.3 Å². The van der Waals surface area contributed by atoms with Crippen molar-refractivity contribution in [3.63, 3.8) is 0 Å². The predicted molar refractivity (Wildman–Crippen MR) is 90.2 cm³/mol. The number of pyridine rings is 1. The number of thiazole rings is 1. The molecule has 1 aromatic carbocycles. The van der Waals surface area contributed by atoms with Crippen LogP contribution < -0.4 is 20.3 Å². The van der Waals surface area contributed by atoms with E-state index in [2.05, 4.69) is 10.3 Å². The van der Waals surface area contributed by atoms with Crippen LogP contribution >= 0.6 is 11.3 Å². The van der Waals surface area contributed by atoms with E-state index in [0.29, 0.717) is 35.4 Å². The van der Waals surface area contributed by atoms with Gasteiger partial charge in [-0.05, 0) is 6.07 Å². The van der Waals surface area contributed by atoms with E-state index in [1.807, 2.05) is 6.07 Å². The number of hydrogen-bond acceptors (Lipinski definition) is 6. The zero-order chi connectivity index (χ0) is 16.7. The van der Waals surface area contributed by atoms with Crippen LogP contribution in [0.3, 0.4) is 0 Å². The Hall–Kier alpha value is -2.87. The summed E-state index contributed by atoms with van der Waals surface area (Å²) in [5, 5.41) is 3.18. The van der Waals surface area contributed by atoms with Gasteiger partial charge in [0, 0.05) is 37.0 Å². The molecule has 24 heavy (non-hydrogen) atoms. The molecular formula is C16H13N3O4S. The average Bonchev–Trinajstić information content (AvgIpc) is 2.96. The largest absolute Gasteiger partial charge is 0.486 e. The van der Waals surface area contributed by atoms with Crippen LogP contribution in [-0.2, 0) is 7.05 Å². The van der Waals surface area contributed by atoms with Crippen molar-refractivity contribution in [1.82, 2.24) is 9.55 Å². The smallest absolute Gasteiger partial charge is 0.257 e. The lowest BCUT2D eigenvalue weighted by molar-refractivity contribution is 0.102. The maximum atomic E-state index is 12.3. The van der Waals surface area contributed by atoms with Crippen LogP contribution in [0.1, 0.15) is 10.4 Å². The third-order valence-electron chi connectivity index (χ3n) is 3.64. The minimum Gasteiger partial charge on any atom is -0.486 e. The van der Waals surface area contributed by atoms with Crippen molar-refractivity contribution >= 4 is 32.6 Å². The van der Waals surface area contributed by atoms with E-state index in [1.54, 1.807) is 25.4 Å². The van der Waals surface area contributed by atoms with E-state index >= 15 is 0 Å². The first-order valence-electron chi connectivity index (χ1n) is 7.28. The maximum Gasteiger partial charge on any atom is 0.257 e. The molecule has 3 aromatic rings. The van der Waals surface area contributed by atoms with Gasteiger partial charge >= 0.3 is 0 Å². The van der Waals surface area contributed by atoms with Crippen molar-refractivity contribution in [2.24, 2.45) is 7.05 Å². The number of nitrogens with zero attached hydrogens (tertiary/aromatic N) is 2. The van der Waals surface area contributed by atoms with Crippen LogP contribution in [0.2, 0.25) is 0 Å². The number of nitrogens with one attached hydrogen (secondary N) is 1. The third kappa shape index (κ3) is 2.61. The number of amides is 1. The van der Waals surface area contributed by atoms with Gasteiger partial charge in [-0.3, -0.25) is 14.9 Å². The molecule has 4 rings (SSSR count). The number of carbonyl (C=O) groups is 1. The van der Waals surface area contributed by atoms with E-state index in [9.17, 15) is 9.59 Å². The predicted octanol–water partition coefficient (Wildman–Crippen LogP) is 2.02. The molecule has 0 bridgehead atoms. The Morgan fingerprint density at radius 1 is 1.25 bits per heavy atom. The number of aryl methyl sites for hydroxylation is 1. The second-order valence-electron chi connectivity index (χ2n) is 5.30. The number of hydrogen-bond donors (Lipinski definition) is 1. The van der Waals surface area contributed by atoms with Gasteiger partial charge in [-0.1, -0.05) is 11.3 Å². The van der Waals surface area contributed by atoms with Crippen molar-refractivity contribution in [2.75, 3.05) is 18.5 Å². The van der Waals surface area contributed by atoms with E-state index in [1.165, 1.54) is 22.0 Å². The molecule has 1 aliphatic rings. The lowest BCUT2D eigenvalue weighted by Gasteiger charge is -2.17. The lowest BCUT2D eigenvalue weighted by Crippen LogP contribution is -2.19. The summed E-state index contributed by atoms with van der Waals surface area (Å²) < 4.78 is 13.4. The number of benzene rings is 1. The molecule has 0 saturated heterocycles. The molecular weight excluding hydrogens is 330 g/mol. The molecule has 0 fully saturated rings. The fraction of sp³-hybridized carbons (Fsp3) is 0.188. The normalized spacial score (nSPS) is 13.0. The molecule has 0 aliphatic carbocycles. The molecule has 0 unspecified atom stereocenters. The van der Waals surface area contributed by atoms with E-state index in [0.717, 1.165) is 10.2 Å². The number of ether oxygens (including phenoxy) is 2. The Kier molecular flexibility index (Phi) is 3.46. The summed E-state index contributed by atoms with van der Waals surface area (Å²) in [4.78, 5) is 28.3. The van der Waals surface area contributed by atoms with Gasteiger partial charge < -0.3 is 14.0 Å². The Labute approximate surface area is 140 Å². The van der Waals surface area contributed by atoms with Crippen LogP contribution in [0.25, 0.3) is 10.2 Å². The molecule has 122 valence electrons. The minimum atomic E-state index is -0.371. The number of aromatic nitrogens is 2. The Morgan fingerprint density at radius 3 is 2.75 bits per heavy atom. The zero-order valence-corrected chi connectivity index (χ0v) is 13.6. The Balaban J connectivity index is 1.63. The SMILES string of the molecule is Cn1ccc(C(=O)Nc2nc3cc4c(cc3s2)OCCO4)cc1=O. The highest BCUT2D eigenvalue weighted by Crippen LogP contribution is 2.37. The van der Waals surface area contributed by atoms with Gasteiger partial charge in [0.15, 0.2) is 16.6 Å². The van der Waals surface area contributed by atoms with Crippen molar-refractivity contribution in [2.45, 2.75) is 0 Å². The molecule has 0 saturated carbocycles. The van der Waals surface area contributed by atoms with Crippen LogP contribution in [-0.4, -0.2) is 28.7 Å². The van der Waals surface area contributed by atoms with Crippen molar-refractivity contribution in [3.05, 3.63) is 46.4 Å². The highest BCUT2D eigenvalue weighted by atomic mass is 32.1. The number of anilines is 1. The molecule has 8 heteroatoms. The first-order chi connectivity index (χ1) is 11.6. The van der Waals surface area contributed by atoms with Crippen LogP contribution in [0.4, 0.5) is 5.13 Å². The molecule has 0 radical (unpaired) electrons. The van der Waals surface area contributed by atoms with E-state index in [4.69, 9.17) is 9.47 Å².